The molecule has 1 N–H and O–H groups in total. The van der Waals surface area contributed by atoms with E-state index in [1.807, 2.05) is 0 Å². The Hall–Kier alpha value is -0.300. The molecule has 0 aromatic carbocycles. The van der Waals surface area contributed by atoms with Gasteiger partial charge in [-0.2, -0.15) is 0 Å². The zero-order chi connectivity index (χ0) is 10.8. The highest BCUT2D eigenvalue weighted by molar-refractivity contribution is 5.02. The Kier molecular flexibility index (Phi) is 3.50. The maximum atomic E-state index is 4.15. The van der Waals surface area contributed by atoms with Gasteiger partial charge in [0, 0.05) is 6.04 Å². The third kappa shape index (κ3) is 2.28. The molecule has 0 saturated heterocycles. The van der Waals surface area contributed by atoms with Crippen molar-refractivity contribution in [2.75, 3.05) is 7.05 Å². The normalized spacial score (nSPS) is 35.7. The van der Waals surface area contributed by atoms with Gasteiger partial charge in [-0.25, -0.2) is 0 Å². The number of hydrogen-bond donors (Lipinski definition) is 1. The summed E-state index contributed by atoms with van der Waals surface area (Å²) in [5, 5.41) is 3.53. The highest BCUT2D eigenvalue weighted by atomic mass is 14.9. The van der Waals surface area contributed by atoms with Crippen LogP contribution >= 0.6 is 0 Å². The Bertz CT molecular complexity index is 233. The molecule has 0 aromatic rings. The molecule has 2 fully saturated rings. The first-order chi connectivity index (χ1) is 7.24. The summed E-state index contributed by atoms with van der Waals surface area (Å²) in [6, 6.07) is 0.702. The lowest BCUT2D eigenvalue weighted by Crippen LogP contribution is -2.36. The van der Waals surface area contributed by atoms with Gasteiger partial charge >= 0.3 is 0 Å². The second-order valence-electron chi connectivity index (χ2n) is 5.54. The quantitative estimate of drug-likeness (QED) is 0.682. The Labute approximate surface area is 94.3 Å². The van der Waals surface area contributed by atoms with Crippen LogP contribution in [0, 0.1) is 17.8 Å². The van der Waals surface area contributed by atoms with E-state index in [0.29, 0.717) is 6.04 Å². The summed E-state index contributed by atoms with van der Waals surface area (Å²) in [7, 11) is 2.12. The monoisotopic (exact) mass is 207 g/mol. The molecule has 0 aliphatic heterocycles. The van der Waals surface area contributed by atoms with Crippen LogP contribution in [0.1, 0.15) is 45.4 Å². The predicted octanol–water partition coefficient (Wildman–Crippen LogP) is 3.37. The van der Waals surface area contributed by atoms with E-state index >= 15 is 0 Å². The van der Waals surface area contributed by atoms with E-state index < -0.39 is 0 Å². The molecule has 2 bridgehead atoms. The lowest BCUT2D eigenvalue weighted by molar-refractivity contribution is 0.254. The van der Waals surface area contributed by atoms with Crippen LogP contribution in [-0.2, 0) is 0 Å². The third-order valence-corrected chi connectivity index (χ3v) is 4.69. The summed E-state index contributed by atoms with van der Waals surface area (Å²) >= 11 is 0. The second-order valence-corrected chi connectivity index (χ2v) is 5.54. The van der Waals surface area contributed by atoms with E-state index in [-0.39, 0.29) is 0 Å². The van der Waals surface area contributed by atoms with E-state index in [0.717, 1.165) is 24.2 Å². The molecule has 15 heavy (non-hydrogen) atoms. The van der Waals surface area contributed by atoms with Crippen molar-refractivity contribution in [3.05, 3.63) is 12.2 Å². The fourth-order valence-electron chi connectivity index (χ4n) is 3.71. The molecule has 0 heterocycles. The van der Waals surface area contributed by atoms with E-state index in [2.05, 4.69) is 25.9 Å². The SMILES string of the molecule is C=C(CC)CC(NC)C1CC2CCC1C2. The number of rotatable bonds is 5. The molecule has 1 nitrogen and oxygen atoms in total. The number of nitrogens with one attached hydrogen (secondary N) is 1. The van der Waals surface area contributed by atoms with Crippen molar-refractivity contribution >= 4 is 0 Å². The van der Waals surface area contributed by atoms with Gasteiger partial charge in [0.15, 0.2) is 0 Å². The summed E-state index contributed by atoms with van der Waals surface area (Å²) in [6.07, 6.45) is 8.33. The van der Waals surface area contributed by atoms with Gasteiger partial charge in [-0.15, -0.1) is 0 Å². The maximum absolute atomic E-state index is 4.15. The molecular formula is C14H25N. The van der Waals surface area contributed by atoms with Crippen LogP contribution in [0.4, 0.5) is 0 Å². The lowest BCUT2D eigenvalue weighted by Gasteiger charge is -2.30. The van der Waals surface area contributed by atoms with Crippen LogP contribution in [0.25, 0.3) is 0 Å². The van der Waals surface area contributed by atoms with Gasteiger partial charge in [0.05, 0.1) is 0 Å². The predicted molar refractivity (Wildman–Crippen MR) is 65.8 cm³/mol. The molecule has 2 rings (SSSR count). The average Bonchev–Trinajstić information content (AvgIpc) is 2.86. The zero-order valence-corrected chi connectivity index (χ0v) is 10.3. The Morgan fingerprint density at radius 2 is 2.20 bits per heavy atom. The lowest BCUT2D eigenvalue weighted by atomic mass is 9.81. The first-order valence-corrected chi connectivity index (χ1v) is 6.58. The van der Waals surface area contributed by atoms with Crippen molar-refractivity contribution < 1.29 is 0 Å². The van der Waals surface area contributed by atoms with Gasteiger partial charge in [0.1, 0.15) is 0 Å². The van der Waals surface area contributed by atoms with Gasteiger partial charge in [-0.1, -0.05) is 25.5 Å². The first kappa shape index (κ1) is 11.2. The largest absolute Gasteiger partial charge is 0.316 e. The minimum atomic E-state index is 0.702. The molecule has 2 aliphatic carbocycles. The minimum Gasteiger partial charge on any atom is -0.316 e. The van der Waals surface area contributed by atoms with Crippen molar-refractivity contribution in [1.82, 2.24) is 5.32 Å². The average molecular weight is 207 g/mol. The summed E-state index contributed by atoms with van der Waals surface area (Å²) in [4.78, 5) is 0. The Morgan fingerprint density at radius 1 is 1.40 bits per heavy atom. The topological polar surface area (TPSA) is 12.0 Å². The molecule has 0 amide bonds. The van der Waals surface area contributed by atoms with E-state index in [4.69, 9.17) is 0 Å². The van der Waals surface area contributed by atoms with Crippen LogP contribution < -0.4 is 5.32 Å². The summed E-state index contributed by atoms with van der Waals surface area (Å²) in [5.41, 5.74) is 1.41. The molecular weight excluding hydrogens is 182 g/mol. The number of hydrogen-bond acceptors (Lipinski definition) is 1. The molecule has 2 aliphatic rings. The van der Waals surface area contributed by atoms with Crippen molar-refractivity contribution in [3.8, 4) is 0 Å². The van der Waals surface area contributed by atoms with Crippen LogP contribution in [0.3, 0.4) is 0 Å². The first-order valence-electron chi connectivity index (χ1n) is 6.58. The Morgan fingerprint density at radius 3 is 2.67 bits per heavy atom. The van der Waals surface area contributed by atoms with Gasteiger partial charge in [-0.3, -0.25) is 0 Å². The molecule has 86 valence electrons. The van der Waals surface area contributed by atoms with Gasteiger partial charge in [-0.05, 0) is 56.9 Å². The minimum absolute atomic E-state index is 0.702. The fraction of sp³-hybridized carbons (Fsp3) is 0.857. The summed E-state index contributed by atoms with van der Waals surface area (Å²) in [6.45, 7) is 6.37. The molecule has 0 spiro atoms. The second kappa shape index (κ2) is 4.69. The third-order valence-electron chi connectivity index (χ3n) is 4.69. The molecule has 1 heteroatoms. The molecule has 2 saturated carbocycles. The molecule has 4 atom stereocenters. The standard InChI is InChI=1S/C14H25N/c1-4-10(2)7-14(15-3)13-9-11-5-6-12(13)8-11/h11-15H,2,4-9H2,1,3H3. The highest BCUT2D eigenvalue weighted by Crippen LogP contribution is 2.50. The van der Waals surface area contributed by atoms with E-state index in [1.165, 1.54) is 37.7 Å². The molecule has 0 aromatic heterocycles. The number of fused-ring (bicyclic) bond motifs is 2. The molecule has 4 unspecified atom stereocenters. The van der Waals surface area contributed by atoms with Gasteiger partial charge < -0.3 is 5.32 Å². The van der Waals surface area contributed by atoms with Gasteiger partial charge in [0.25, 0.3) is 0 Å². The highest BCUT2D eigenvalue weighted by Gasteiger charge is 2.42. The van der Waals surface area contributed by atoms with E-state index in [9.17, 15) is 0 Å². The molecule has 0 radical (unpaired) electrons. The van der Waals surface area contributed by atoms with Crippen LogP contribution in [-0.4, -0.2) is 13.1 Å². The summed E-state index contributed by atoms with van der Waals surface area (Å²) in [5.74, 6) is 3.03. The van der Waals surface area contributed by atoms with Crippen LogP contribution in [0.15, 0.2) is 12.2 Å². The smallest absolute Gasteiger partial charge is 0.0132 e. The fourth-order valence-corrected chi connectivity index (χ4v) is 3.71. The van der Waals surface area contributed by atoms with Crippen molar-refractivity contribution in [2.45, 2.75) is 51.5 Å². The van der Waals surface area contributed by atoms with Crippen molar-refractivity contribution in [1.29, 1.82) is 0 Å². The van der Waals surface area contributed by atoms with E-state index in [1.54, 1.807) is 0 Å². The maximum Gasteiger partial charge on any atom is 0.0132 e. The Balaban J connectivity index is 1.92. The summed E-state index contributed by atoms with van der Waals surface area (Å²) < 4.78 is 0. The van der Waals surface area contributed by atoms with Gasteiger partial charge in [0.2, 0.25) is 0 Å². The van der Waals surface area contributed by atoms with Crippen LogP contribution in [0.5, 0.6) is 0 Å². The zero-order valence-electron chi connectivity index (χ0n) is 10.3. The van der Waals surface area contributed by atoms with Crippen molar-refractivity contribution in [2.24, 2.45) is 17.8 Å². The van der Waals surface area contributed by atoms with Crippen LogP contribution in [0.2, 0.25) is 0 Å². The van der Waals surface area contributed by atoms with Crippen molar-refractivity contribution in [3.63, 3.8) is 0 Å².